The molecule has 0 atom stereocenters. The first-order valence-corrected chi connectivity index (χ1v) is 7.83. The van der Waals surface area contributed by atoms with Crippen molar-refractivity contribution in [3.05, 3.63) is 17.4 Å². The summed E-state index contributed by atoms with van der Waals surface area (Å²) in [6, 6.07) is 0.350. The highest BCUT2D eigenvalue weighted by atomic mass is 35.5. The predicted octanol–water partition coefficient (Wildman–Crippen LogP) is 2.36. The molecule has 0 saturated heterocycles. The number of hydrogen-bond donors (Lipinski definition) is 2. The van der Waals surface area contributed by atoms with E-state index in [1.165, 1.54) is 12.4 Å². The number of ether oxygens (including phenoxy) is 1. The van der Waals surface area contributed by atoms with Gasteiger partial charge in [-0.2, -0.15) is 0 Å². The Morgan fingerprint density at radius 1 is 1.29 bits per heavy atom. The molecular formula is C13H18Cl2N4O2. The fourth-order valence-electron chi connectivity index (χ4n) is 2.23. The summed E-state index contributed by atoms with van der Waals surface area (Å²) in [4.78, 5) is 19.6. The minimum absolute atomic E-state index is 0.0788. The van der Waals surface area contributed by atoms with Crippen molar-refractivity contribution in [1.29, 1.82) is 0 Å². The zero-order chi connectivity index (χ0) is 15.1. The highest BCUT2D eigenvalue weighted by molar-refractivity contribution is 6.30. The Labute approximate surface area is 133 Å². The lowest BCUT2D eigenvalue weighted by molar-refractivity contribution is 0.129. The van der Waals surface area contributed by atoms with Crippen LogP contribution in [-0.2, 0) is 0 Å². The van der Waals surface area contributed by atoms with E-state index >= 15 is 0 Å². The first kappa shape index (κ1) is 16.1. The molecule has 1 heterocycles. The van der Waals surface area contributed by atoms with E-state index in [0.717, 1.165) is 25.7 Å². The van der Waals surface area contributed by atoms with Gasteiger partial charge in [0.05, 0.1) is 17.4 Å². The Bertz CT molecular complexity index is 450. The molecule has 0 radical (unpaired) electrons. The van der Waals surface area contributed by atoms with Crippen LogP contribution in [-0.4, -0.2) is 40.6 Å². The lowest BCUT2D eigenvalue weighted by Crippen LogP contribution is -2.45. The van der Waals surface area contributed by atoms with Gasteiger partial charge in [0, 0.05) is 18.5 Å². The number of halogens is 2. The summed E-state index contributed by atoms with van der Waals surface area (Å²) in [6.07, 6.45) is 6.55. The van der Waals surface area contributed by atoms with Crippen LogP contribution >= 0.6 is 23.2 Å². The maximum absolute atomic E-state index is 11.5. The first-order valence-electron chi connectivity index (χ1n) is 6.92. The Morgan fingerprint density at radius 2 is 1.95 bits per heavy atom. The summed E-state index contributed by atoms with van der Waals surface area (Å²) in [6.45, 7) is 0.472. The van der Waals surface area contributed by atoms with Crippen LogP contribution in [0.5, 0.6) is 6.01 Å². The van der Waals surface area contributed by atoms with Crippen molar-refractivity contribution in [2.45, 2.75) is 37.8 Å². The summed E-state index contributed by atoms with van der Waals surface area (Å²) < 4.78 is 5.70. The number of aromatic nitrogens is 2. The molecule has 0 bridgehead atoms. The maximum Gasteiger partial charge on any atom is 0.316 e. The SMILES string of the molecule is O=C(NCCCl)NC1CCC(Oc2ncc(Cl)cn2)CC1. The van der Waals surface area contributed by atoms with E-state index in [9.17, 15) is 4.79 Å². The Hall–Kier alpha value is -1.27. The van der Waals surface area contributed by atoms with Gasteiger partial charge in [-0.3, -0.25) is 0 Å². The first-order chi connectivity index (χ1) is 10.2. The molecule has 2 rings (SSSR count). The second-order valence-electron chi connectivity index (χ2n) is 4.86. The molecule has 8 heteroatoms. The molecule has 6 nitrogen and oxygen atoms in total. The van der Waals surface area contributed by atoms with Crippen LogP contribution < -0.4 is 15.4 Å². The van der Waals surface area contributed by atoms with Crippen molar-refractivity contribution in [1.82, 2.24) is 20.6 Å². The lowest BCUT2D eigenvalue weighted by atomic mass is 9.93. The van der Waals surface area contributed by atoms with Crippen LogP contribution in [0, 0.1) is 0 Å². The molecule has 1 saturated carbocycles. The molecule has 1 fully saturated rings. The normalized spacial score (nSPS) is 21.6. The average Bonchev–Trinajstić information content (AvgIpc) is 2.49. The number of amides is 2. The second-order valence-corrected chi connectivity index (χ2v) is 5.68. The zero-order valence-electron chi connectivity index (χ0n) is 11.5. The standard InChI is InChI=1S/C13H18Cl2N4O2/c14-5-6-16-12(20)19-10-1-3-11(4-2-10)21-13-17-7-9(15)8-18-13/h7-8,10-11H,1-6H2,(H2,16,19,20). The van der Waals surface area contributed by atoms with Crippen molar-refractivity contribution in [3.63, 3.8) is 0 Å². The van der Waals surface area contributed by atoms with Crippen molar-refractivity contribution in [3.8, 4) is 6.01 Å². The molecular weight excluding hydrogens is 315 g/mol. The van der Waals surface area contributed by atoms with Gasteiger partial charge in [0.1, 0.15) is 6.10 Å². The monoisotopic (exact) mass is 332 g/mol. The minimum atomic E-state index is -0.166. The summed E-state index contributed by atoms with van der Waals surface area (Å²) in [5.74, 6) is 0.412. The lowest BCUT2D eigenvalue weighted by Gasteiger charge is -2.28. The van der Waals surface area contributed by atoms with Crippen LogP contribution in [0.3, 0.4) is 0 Å². The topological polar surface area (TPSA) is 76.1 Å². The van der Waals surface area contributed by atoms with Gasteiger partial charge < -0.3 is 15.4 Å². The second kappa shape index (κ2) is 8.24. The van der Waals surface area contributed by atoms with E-state index in [1.54, 1.807) is 0 Å². The summed E-state index contributed by atoms with van der Waals surface area (Å²) >= 11 is 11.2. The summed E-state index contributed by atoms with van der Waals surface area (Å²) in [7, 11) is 0. The molecule has 0 aliphatic heterocycles. The third-order valence-electron chi connectivity index (χ3n) is 3.26. The Morgan fingerprint density at radius 3 is 2.57 bits per heavy atom. The molecule has 0 aromatic carbocycles. The Balaban J connectivity index is 1.70. The highest BCUT2D eigenvalue weighted by Gasteiger charge is 2.24. The van der Waals surface area contributed by atoms with Crippen LogP contribution in [0.4, 0.5) is 4.79 Å². The van der Waals surface area contributed by atoms with Crippen molar-refractivity contribution in [2.24, 2.45) is 0 Å². The number of alkyl halides is 1. The van der Waals surface area contributed by atoms with E-state index in [4.69, 9.17) is 27.9 Å². The largest absolute Gasteiger partial charge is 0.460 e. The molecule has 2 N–H and O–H groups in total. The van der Waals surface area contributed by atoms with E-state index < -0.39 is 0 Å². The van der Waals surface area contributed by atoms with Crippen LogP contribution in [0.15, 0.2) is 12.4 Å². The fraction of sp³-hybridized carbons (Fsp3) is 0.615. The molecule has 1 aromatic rings. The molecule has 1 aliphatic rings. The van der Waals surface area contributed by atoms with Crippen LogP contribution in [0.25, 0.3) is 0 Å². The fourth-order valence-corrected chi connectivity index (χ4v) is 2.42. The number of urea groups is 1. The molecule has 1 aromatic heterocycles. The van der Waals surface area contributed by atoms with E-state index in [0.29, 0.717) is 23.5 Å². The van der Waals surface area contributed by atoms with Gasteiger partial charge in [0.2, 0.25) is 0 Å². The number of carbonyl (C=O) groups excluding carboxylic acids is 1. The van der Waals surface area contributed by atoms with Gasteiger partial charge in [-0.05, 0) is 25.7 Å². The van der Waals surface area contributed by atoms with Crippen LogP contribution in [0.1, 0.15) is 25.7 Å². The highest BCUT2D eigenvalue weighted by Crippen LogP contribution is 2.22. The maximum atomic E-state index is 11.5. The molecule has 116 valence electrons. The zero-order valence-corrected chi connectivity index (χ0v) is 13.0. The van der Waals surface area contributed by atoms with Crippen molar-refractivity contribution in [2.75, 3.05) is 12.4 Å². The third-order valence-corrected chi connectivity index (χ3v) is 3.64. The Kier molecular flexibility index (Phi) is 6.32. The van der Waals surface area contributed by atoms with Gasteiger partial charge in [0.15, 0.2) is 0 Å². The summed E-state index contributed by atoms with van der Waals surface area (Å²) in [5, 5.41) is 6.11. The average molecular weight is 333 g/mol. The van der Waals surface area contributed by atoms with E-state index in [-0.39, 0.29) is 18.2 Å². The van der Waals surface area contributed by atoms with Gasteiger partial charge >= 0.3 is 12.0 Å². The number of nitrogens with one attached hydrogen (secondary N) is 2. The van der Waals surface area contributed by atoms with E-state index in [2.05, 4.69) is 20.6 Å². The van der Waals surface area contributed by atoms with Crippen molar-refractivity contribution >= 4 is 29.2 Å². The number of nitrogens with zero attached hydrogens (tertiary/aromatic N) is 2. The minimum Gasteiger partial charge on any atom is -0.460 e. The van der Waals surface area contributed by atoms with Crippen molar-refractivity contribution < 1.29 is 9.53 Å². The molecule has 2 amide bonds. The molecule has 0 unspecified atom stereocenters. The van der Waals surface area contributed by atoms with Gasteiger partial charge in [0.25, 0.3) is 0 Å². The third kappa shape index (κ3) is 5.55. The predicted molar refractivity (Wildman–Crippen MR) is 81.0 cm³/mol. The quantitative estimate of drug-likeness (QED) is 0.811. The van der Waals surface area contributed by atoms with E-state index in [1.807, 2.05) is 0 Å². The van der Waals surface area contributed by atoms with Gasteiger partial charge in [-0.15, -0.1) is 11.6 Å². The number of hydrogen-bond acceptors (Lipinski definition) is 4. The van der Waals surface area contributed by atoms with Crippen LogP contribution in [0.2, 0.25) is 5.02 Å². The van der Waals surface area contributed by atoms with Gasteiger partial charge in [-0.1, -0.05) is 11.6 Å². The molecule has 1 aliphatic carbocycles. The smallest absolute Gasteiger partial charge is 0.316 e. The number of rotatable bonds is 5. The molecule has 0 spiro atoms. The number of carbonyl (C=O) groups is 1. The summed E-state index contributed by atoms with van der Waals surface area (Å²) in [5.41, 5.74) is 0. The molecule has 21 heavy (non-hydrogen) atoms. The van der Waals surface area contributed by atoms with Gasteiger partial charge in [-0.25, -0.2) is 14.8 Å².